The number of hydrogen-bond acceptors (Lipinski definition) is 2. The first-order chi connectivity index (χ1) is 12.4. The van der Waals surface area contributed by atoms with E-state index < -0.39 is 0 Å². The highest BCUT2D eigenvalue weighted by atomic mass is 32.2. The molecule has 0 saturated heterocycles. The molecule has 1 aromatic rings. The molecule has 0 radical (unpaired) electrons. The van der Waals surface area contributed by atoms with Crippen LogP contribution >= 0.6 is 11.8 Å². The van der Waals surface area contributed by atoms with Gasteiger partial charge in [-0.3, -0.25) is 4.79 Å². The Kier molecular flexibility index (Phi) is 10.8. The predicted molar refractivity (Wildman–Crippen MR) is 117 cm³/mol. The SMILES string of the molecule is COc1ccccc1C(=[OH+])SCC=C(C)CCC=C(C)CCC=C(C)C. The Bertz CT molecular complexity index is 665. The summed E-state index contributed by atoms with van der Waals surface area (Å²) in [5, 5.41) is 0.307. The molecule has 0 fully saturated rings. The van der Waals surface area contributed by atoms with Crippen molar-refractivity contribution < 1.29 is 9.53 Å². The molecule has 0 unspecified atom stereocenters. The molecule has 2 nitrogen and oxygen atoms in total. The minimum Gasteiger partial charge on any atom is -0.496 e. The average molecular weight is 374 g/mol. The monoisotopic (exact) mass is 373 g/mol. The highest BCUT2D eigenvalue weighted by Gasteiger charge is 2.17. The van der Waals surface area contributed by atoms with Gasteiger partial charge in [0, 0.05) is 5.75 Å². The quantitative estimate of drug-likeness (QED) is 0.337. The zero-order chi connectivity index (χ0) is 19.4. The molecule has 0 aromatic heterocycles. The van der Waals surface area contributed by atoms with Crippen molar-refractivity contribution in [2.24, 2.45) is 0 Å². The van der Waals surface area contributed by atoms with E-state index in [1.54, 1.807) is 7.11 Å². The van der Waals surface area contributed by atoms with Crippen LogP contribution in [0.1, 0.15) is 58.9 Å². The maximum Gasteiger partial charge on any atom is 0.386 e. The Labute approximate surface area is 163 Å². The largest absolute Gasteiger partial charge is 0.496 e. The summed E-state index contributed by atoms with van der Waals surface area (Å²) in [7, 11) is 1.62. The summed E-state index contributed by atoms with van der Waals surface area (Å²) in [6.07, 6.45) is 11.3. The number of para-hydroxylation sites is 1. The van der Waals surface area contributed by atoms with Gasteiger partial charge in [-0.1, -0.05) is 47.1 Å². The molecule has 0 aliphatic carbocycles. The van der Waals surface area contributed by atoms with E-state index in [0.717, 1.165) is 37.0 Å². The molecule has 0 spiro atoms. The van der Waals surface area contributed by atoms with E-state index in [9.17, 15) is 4.79 Å². The van der Waals surface area contributed by atoms with Gasteiger partial charge in [0.1, 0.15) is 11.3 Å². The minimum atomic E-state index is 0.307. The number of thioether (sulfide) groups is 1. The van der Waals surface area contributed by atoms with Gasteiger partial charge in [0.2, 0.25) is 0 Å². The van der Waals surface area contributed by atoms with Gasteiger partial charge in [-0.2, -0.15) is 0 Å². The van der Waals surface area contributed by atoms with Crippen molar-refractivity contribution in [3.63, 3.8) is 0 Å². The number of carbonyl (C=O) groups excluding carboxylic acids is 1. The molecular formula is C23H33O2S+. The number of ether oxygens (including phenoxy) is 1. The summed E-state index contributed by atoms with van der Waals surface area (Å²) in [5.41, 5.74) is 4.97. The van der Waals surface area contributed by atoms with E-state index in [0.29, 0.717) is 10.9 Å². The molecule has 0 heterocycles. The van der Waals surface area contributed by atoms with Gasteiger partial charge in [0.15, 0.2) is 0 Å². The number of methoxy groups -OCH3 is 1. The van der Waals surface area contributed by atoms with Crippen molar-refractivity contribution in [3.8, 4) is 5.75 Å². The second-order valence-corrected chi connectivity index (χ2v) is 7.78. The highest BCUT2D eigenvalue weighted by molar-refractivity contribution is 8.14. The van der Waals surface area contributed by atoms with Crippen LogP contribution in [0.3, 0.4) is 0 Å². The Hall–Kier alpha value is -1.74. The van der Waals surface area contributed by atoms with Crippen molar-refractivity contribution in [3.05, 3.63) is 64.8 Å². The lowest BCUT2D eigenvalue weighted by Crippen LogP contribution is -1.99. The molecule has 0 bridgehead atoms. The molecule has 3 heteroatoms. The Morgan fingerprint density at radius 3 is 2.23 bits per heavy atom. The minimum absolute atomic E-state index is 0.307. The molecule has 0 atom stereocenters. The Balaban J connectivity index is 2.37. The van der Waals surface area contributed by atoms with Crippen molar-refractivity contribution in [2.75, 3.05) is 12.9 Å². The van der Waals surface area contributed by atoms with Crippen LogP contribution in [0.4, 0.5) is 0 Å². The van der Waals surface area contributed by atoms with E-state index in [-0.39, 0.29) is 0 Å². The van der Waals surface area contributed by atoms with Crippen LogP contribution in [0.15, 0.2) is 59.2 Å². The average Bonchev–Trinajstić information content (AvgIpc) is 2.61. The molecule has 1 N–H and O–H groups in total. The molecule has 0 amide bonds. The predicted octanol–water partition coefficient (Wildman–Crippen LogP) is 6.70. The second kappa shape index (κ2) is 12.6. The van der Waals surface area contributed by atoms with Crippen LogP contribution < -0.4 is 4.74 Å². The third-order valence-corrected chi connectivity index (χ3v) is 4.94. The lowest BCUT2D eigenvalue weighted by Gasteiger charge is -2.03. The summed E-state index contributed by atoms with van der Waals surface area (Å²) in [4.78, 5) is 10.3. The van der Waals surface area contributed by atoms with E-state index in [1.807, 2.05) is 24.3 Å². The standard InChI is InChI=1S/C23H32O2S/c1-18(2)10-8-11-19(3)12-9-13-20(4)16-17-26-23(24)21-14-6-7-15-22(21)25-5/h6-7,10,12,14-16H,8-9,11,13,17H2,1-5H3/p+1. The van der Waals surface area contributed by atoms with E-state index in [4.69, 9.17) is 4.74 Å². The molecule has 26 heavy (non-hydrogen) atoms. The van der Waals surface area contributed by atoms with Crippen LogP contribution in [-0.2, 0) is 0 Å². The molecule has 1 aromatic carbocycles. The van der Waals surface area contributed by atoms with Crippen molar-refractivity contribution >= 4 is 16.9 Å². The van der Waals surface area contributed by atoms with Crippen LogP contribution in [-0.4, -0.2) is 22.8 Å². The normalized spacial score (nSPS) is 12.0. The first-order valence-corrected chi connectivity index (χ1v) is 10.2. The zero-order valence-electron chi connectivity index (χ0n) is 16.8. The molecule has 1 rings (SSSR count). The Morgan fingerprint density at radius 1 is 0.962 bits per heavy atom. The van der Waals surface area contributed by atoms with E-state index in [2.05, 4.69) is 45.9 Å². The summed E-state index contributed by atoms with van der Waals surface area (Å²) in [6, 6.07) is 7.54. The first-order valence-electron chi connectivity index (χ1n) is 9.20. The lowest BCUT2D eigenvalue weighted by atomic mass is 10.1. The summed E-state index contributed by atoms with van der Waals surface area (Å²) in [5.74, 6) is 1.46. The van der Waals surface area contributed by atoms with Crippen LogP contribution in [0.25, 0.3) is 0 Å². The molecule has 0 aliphatic heterocycles. The third kappa shape index (κ3) is 9.10. The van der Waals surface area contributed by atoms with Crippen LogP contribution in [0, 0.1) is 0 Å². The van der Waals surface area contributed by atoms with Gasteiger partial charge in [0.25, 0.3) is 0 Å². The van der Waals surface area contributed by atoms with Crippen LogP contribution in [0.5, 0.6) is 5.75 Å². The molecular weight excluding hydrogens is 340 g/mol. The molecule has 0 aliphatic rings. The van der Waals surface area contributed by atoms with Crippen molar-refractivity contribution in [1.82, 2.24) is 0 Å². The van der Waals surface area contributed by atoms with Gasteiger partial charge in [0.05, 0.1) is 7.11 Å². The maximum absolute atomic E-state index is 10.3. The summed E-state index contributed by atoms with van der Waals surface area (Å²) < 4.78 is 5.29. The van der Waals surface area contributed by atoms with Gasteiger partial charge in [-0.05, 0) is 77.3 Å². The fourth-order valence-electron chi connectivity index (χ4n) is 2.50. The van der Waals surface area contributed by atoms with E-state index >= 15 is 0 Å². The number of rotatable bonds is 10. The summed E-state index contributed by atoms with van der Waals surface area (Å²) in [6.45, 7) is 8.67. The maximum atomic E-state index is 10.3. The number of hydrogen-bond donors (Lipinski definition) is 0. The fraction of sp³-hybridized carbons (Fsp3) is 0.435. The molecule has 142 valence electrons. The number of benzene rings is 1. The number of allylic oxidation sites excluding steroid dienone is 5. The third-order valence-electron chi connectivity index (χ3n) is 4.11. The van der Waals surface area contributed by atoms with Crippen molar-refractivity contribution in [2.45, 2.75) is 53.4 Å². The molecule has 0 saturated carbocycles. The summed E-state index contributed by atoms with van der Waals surface area (Å²) >= 11 is 1.43. The second-order valence-electron chi connectivity index (χ2n) is 6.78. The fourth-order valence-corrected chi connectivity index (χ4v) is 3.35. The van der Waals surface area contributed by atoms with Gasteiger partial charge in [-0.15, -0.1) is 0 Å². The van der Waals surface area contributed by atoms with Gasteiger partial charge < -0.3 is 4.74 Å². The van der Waals surface area contributed by atoms with Gasteiger partial charge >= 0.3 is 5.12 Å². The highest BCUT2D eigenvalue weighted by Crippen LogP contribution is 2.22. The zero-order valence-corrected chi connectivity index (χ0v) is 17.7. The Morgan fingerprint density at radius 2 is 1.58 bits per heavy atom. The lowest BCUT2D eigenvalue weighted by molar-refractivity contribution is 0.413. The topological polar surface area (TPSA) is 30.6 Å². The first kappa shape index (κ1) is 22.3. The van der Waals surface area contributed by atoms with E-state index in [1.165, 1.54) is 28.5 Å². The van der Waals surface area contributed by atoms with Crippen LogP contribution in [0.2, 0.25) is 0 Å². The van der Waals surface area contributed by atoms with Gasteiger partial charge in [-0.25, -0.2) is 0 Å². The van der Waals surface area contributed by atoms with Crippen molar-refractivity contribution in [1.29, 1.82) is 0 Å². The smallest absolute Gasteiger partial charge is 0.386 e.